The zero-order valence-electron chi connectivity index (χ0n) is 13.6. The zero-order valence-corrected chi connectivity index (χ0v) is 14.4. The molecular formula is C16H21N5O2S. The van der Waals surface area contributed by atoms with Gasteiger partial charge < -0.3 is 20.1 Å². The summed E-state index contributed by atoms with van der Waals surface area (Å²) in [5.41, 5.74) is 1.22. The molecule has 128 valence electrons. The fraction of sp³-hybridized carbons (Fsp3) is 0.438. The molecule has 0 saturated carbocycles. The van der Waals surface area contributed by atoms with Crippen LogP contribution in [0.2, 0.25) is 0 Å². The Morgan fingerprint density at radius 2 is 2.33 bits per heavy atom. The molecule has 1 atom stereocenters. The van der Waals surface area contributed by atoms with Gasteiger partial charge in [-0.3, -0.25) is 4.79 Å². The molecule has 1 aliphatic rings. The number of rotatable bonds is 5. The summed E-state index contributed by atoms with van der Waals surface area (Å²) < 4.78 is 1.89. The Labute approximate surface area is 144 Å². The van der Waals surface area contributed by atoms with Crippen molar-refractivity contribution in [2.75, 3.05) is 13.1 Å². The Morgan fingerprint density at radius 1 is 1.46 bits per heavy atom. The van der Waals surface area contributed by atoms with Crippen molar-refractivity contribution in [3.8, 4) is 0 Å². The largest absolute Gasteiger partial charge is 0.336 e. The SMILES string of the molecule is C[C@@H](Cn1ccnc1)NC(=O)NCC(=O)N1CCc2sccc2C1. The highest BCUT2D eigenvalue weighted by Crippen LogP contribution is 2.23. The Kier molecular flexibility index (Phi) is 5.14. The van der Waals surface area contributed by atoms with Crippen molar-refractivity contribution in [2.24, 2.45) is 0 Å². The van der Waals surface area contributed by atoms with E-state index < -0.39 is 0 Å². The van der Waals surface area contributed by atoms with Crippen molar-refractivity contribution in [3.63, 3.8) is 0 Å². The molecular weight excluding hydrogens is 326 g/mol. The van der Waals surface area contributed by atoms with E-state index in [1.54, 1.807) is 28.8 Å². The van der Waals surface area contributed by atoms with Crippen LogP contribution >= 0.6 is 11.3 Å². The predicted octanol–water partition coefficient (Wildman–Crippen LogP) is 1.22. The maximum Gasteiger partial charge on any atom is 0.315 e. The molecule has 1 aliphatic heterocycles. The highest BCUT2D eigenvalue weighted by Gasteiger charge is 2.21. The average Bonchev–Trinajstić information content (AvgIpc) is 3.22. The first-order valence-electron chi connectivity index (χ1n) is 7.95. The summed E-state index contributed by atoms with van der Waals surface area (Å²) in [7, 11) is 0. The second kappa shape index (κ2) is 7.48. The molecule has 0 unspecified atom stereocenters. The number of thiophene rings is 1. The minimum absolute atomic E-state index is 0.0170. The van der Waals surface area contributed by atoms with Crippen molar-refractivity contribution in [1.82, 2.24) is 25.1 Å². The van der Waals surface area contributed by atoms with E-state index in [9.17, 15) is 9.59 Å². The number of urea groups is 1. The van der Waals surface area contributed by atoms with Crippen LogP contribution in [0, 0.1) is 0 Å². The van der Waals surface area contributed by atoms with Crippen LogP contribution in [0.15, 0.2) is 30.2 Å². The van der Waals surface area contributed by atoms with Crippen molar-refractivity contribution in [3.05, 3.63) is 40.6 Å². The summed E-state index contributed by atoms with van der Waals surface area (Å²) in [4.78, 5) is 31.3. The van der Waals surface area contributed by atoms with Crippen LogP contribution in [0.25, 0.3) is 0 Å². The number of carbonyl (C=O) groups excluding carboxylic acids is 2. The molecule has 0 spiro atoms. The van der Waals surface area contributed by atoms with Gasteiger partial charge in [-0.05, 0) is 30.4 Å². The molecule has 3 rings (SSSR count). The van der Waals surface area contributed by atoms with Crippen LogP contribution in [0.3, 0.4) is 0 Å². The quantitative estimate of drug-likeness (QED) is 0.853. The molecule has 2 aromatic rings. The number of aromatic nitrogens is 2. The second-order valence-corrected chi connectivity index (χ2v) is 6.92. The van der Waals surface area contributed by atoms with E-state index in [1.807, 2.05) is 17.7 Å². The van der Waals surface area contributed by atoms with Gasteiger partial charge in [0.2, 0.25) is 5.91 Å². The van der Waals surface area contributed by atoms with Crippen molar-refractivity contribution < 1.29 is 9.59 Å². The Balaban J connectivity index is 1.40. The number of amides is 3. The van der Waals surface area contributed by atoms with E-state index in [2.05, 4.69) is 27.1 Å². The number of fused-ring (bicyclic) bond motifs is 1. The van der Waals surface area contributed by atoms with Gasteiger partial charge >= 0.3 is 6.03 Å². The highest BCUT2D eigenvalue weighted by atomic mass is 32.1. The minimum Gasteiger partial charge on any atom is -0.336 e. The fourth-order valence-electron chi connectivity index (χ4n) is 2.76. The van der Waals surface area contributed by atoms with E-state index in [4.69, 9.17) is 0 Å². The summed E-state index contributed by atoms with van der Waals surface area (Å²) in [5.74, 6) is -0.0516. The lowest BCUT2D eigenvalue weighted by Gasteiger charge is -2.27. The van der Waals surface area contributed by atoms with Gasteiger partial charge in [-0.1, -0.05) is 0 Å². The molecule has 24 heavy (non-hydrogen) atoms. The molecule has 2 N–H and O–H groups in total. The van der Waals surface area contributed by atoms with Crippen molar-refractivity contribution in [2.45, 2.75) is 32.5 Å². The fourth-order valence-corrected chi connectivity index (χ4v) is 3.65. The normalized spacial score (nSPS) is 14.8. The van der Waals surface area contributed by atoms with Crippen LogP contribution in [0.1, 0.15) is 17.4 Å². The molecule has 0 saturated heterocycles. The lowest BCUT2D eigenvalue weighted by atomic mass is 10.1. The summed E-state index contributed by atoms with van der Waals surface area (Å²) in [6.45, 7) is 3.91. The van der Waals surface area contributed by atoms with E-state index in [-0.39, 0.29) is 24.5 Å². The first-order valence-corrected chi connectivity index (χ1v) is 8.83. The van der Waals surface area contributed by atoms with Crippen LogP contribution in [-0.2, 0) is 24.3 Å². The van der Waals surface area contributed by atoms with Gasteiger partial charge in [0.15, 0.2) is 0 Å². The molecule has 2 aromatic heterocycles. The van der Waals surface area contributed by atoms with Crippen molar-refractivity contribution in [1.29, 1.82) is 0 Å². The molecule has 7 nitrogen and oxygen atoms in total. The lowest BCUT2D eigenvalue weighted by molar-refractivity contribution is -0.130. The number of hydrogen-bond acceptors (Lipinski definition) is 4. The molecule has 0 bridgehead atoms. The van der Waals surface area contributed by atoms with Crippen LogP contribution in [0.4, 0.5) is 4.79 Å². The third kappa shape index (κ3) is 4.14. The molecule has 0 aliphatic carbocycles. The third-order valence-corrected chi connectivity index (χ3v) is 5.00. The zero-order chi connectivity index (χ0) is 16.9. The standard InChI is InChI=1S/C16H21N5O2S/c1-12(9-20-6-4-17-11-20)19-16(23)18-8-15(22)21-5-2-14-13(10-21)3-7-24-14/h3-4,6-7,11-12H,2,5,8-10H2,1H3,(H2,18,19,23)/t12-/m0/s1. The first kappa shape index (κ1) is 16.5. The smallest absolute Gasteiger partial charge is 0.315 e. The average molecular weight is 347 g/mol. The Morgan fingerprint density at radius 3 is 3.12 bits per heavy atom. The number of hydrogen-bond donors (Lipinski definition) is 2. The minimum atomic E-state index is -0.329. The molecule has 3 heterocycles. The number of nitrogens with one attached hydrogen (secondary N) is 2. The van der Waals surface area contributed by atoms with Gasteiger partial charge in [0.1, 0.15) is 0 Å². The number of nitrogens with zero attached hydrogens (tertiary/aromatic N) is 3. The van der Waals surface area contributed by atoms with Gasteiger partial charge in [-0.2, -0.15) is 0 Å². The first-order chi connectivity index (χ1) is 11.6. The molecule has 0 aromatic carbocycles. The van der Waals surface area contributed by atoms with Crippen molar-refractivity contribution >= 4 is 23.3 Å². The van der Waals surface area contributed by atoms with Crippen LogP contribution < -0.4 is 10.6 Å². The Bertz CT molecular complexity index is 697. The molecule has 8 heteroatoms. The summed E-state index contributed by atoms with van der Waals surface area (Å²) >= 11 is 1.74. The third-order valence-electron chi connectivity index (χ3n) is 3.98. The van der Waals surface area contributed by atoms with E-state index in [1.165, 1.54) is 10.4 Å². The highest BCUT2D eigenvalue weighted by molar-refractivity contribution is 7.10. The maximum atomic E-state index is 12.3. The summed E-state index contributed by atoms with van der Waals surface area (Å²) in [6, 6.07) is 1.68. The Hall–Kier alpha value is -2.35. The summed E-state index contributed by atoms with van der Waals surface area (Å²) in [6.07, 6.45) is 6.14. The number of carbonyl (C=O) groups is 2. The molecule has 0 fully saturated rings. The number of imidazole rings is 1. The van der Waals surface area contributed by atoms with Gasteiger partial charge in [0.05, 0.1) is 12.9 Å². The predicted molar refractivity (Wildman–Crippen MR) is 91.7 cm³/mol. The van der Waals surface area contributed by atoms with E-state index in [0.717, 1.165) is 6.42 Å². The topological polar surface area (TPSA) is 79.3 Å². The van der Waals surface area contributed by atoms with Gasteiger partial charge in [0, 0.05) is 42.9 Å². The van der Waals surface area contributed by atoms with Crippen LogP contribution in [-0.4, -0.2) is 45.5 Å². The molecule has 0 radical (unpaired) electrons. The van der Waals surface area contributed by atoms with E-state index >= 15 is 0 Å². The monoisotopic (exact) mass is 347 g/mol. The molecule has 3 amide bonds. The summed E-state index contributed by atoms with van der Waals surface area (Å²) in [5, 5.41) is 7.53. The van der Waals surface area contributed by atoms with Gasteiger partial charge in [0.25, 0.3) is 0 Å². The maximum absolute atomic E-state index is 12.3. The lowest BCUT2D eigenvalue weighted by Crippen LogP contribution is -2.47. The van der Waals surface area contributed by atoms with E-state index in [0.29, 0.717) is 19.6 Å². The van der Waals surface area contributed by atoms with Gasteiger partial charge in [-0.15, -0.1) is 11.3 Å². The van der Waals surface area contributed by atoms with Gasteiger partial charge in [-0.25, -0.2) is 9.78 Å². The van der Waals surface area contributed by atoms with Crippen LogP contribution in [0.5, 0.6) is 0 Å². The second-order valence-electron chi connectivity index (χ2n) is 5.92.